The van der Waals surface area contributed by atoms with E-state index in [1.54, 1.807) is 7.11 Å². The predicted octanol–water partition coefficient (Wildman–Crippen LogP) is 1.56. The molecule has 112 valence electrons. The molecule has 1 aromatic rings. The number of aliphatic hydroxyl groups is 1. The van der Waals surface area contributed by atoms with Crippen LogP contribution in [0, 0.1) is 5.92 Å². The van der Waals surface area contributed by atoms with E-state index in [1.165, 1.54) is 0 Å². The zero-order chi connectivity index (χ0) is 14.8. The van der Waals surface area contributed by atoms with Crippen LogP contribution in [0.2, 0.25) is 0 Å². The van der Waals surface area contributed by atoms with Crippen LogP contribution in [0.15, 0.2) is 24.3 Å². The van der Waals surface area contributed by atoms with Gasteiger partial charge in [-0.1, -0.05) is 19.1 Å². The first-order chi connectivity index (χ1) is 9.65. The van der Waals surface area contributed by atoms with Gasteiger partial charge in [0.05, 0.1) is 7.11 Å². The number of amides is 2. The number of carbonyl (C=O) groups excluding carboxylic acids is 1. The van der Waals surface area contributed by atoms with Gasteiger partial charge >= 0.3 is 6.03 Å². The Morgan fingerprint density at radius 3 is 2.90 bits per heavy atom. The maximum Gasteiger partial charge on any atom is 0.314 e. The molecule has 5 heteroatoms. The second kappa shape index (κ2) is 9.20. The molecule has 0 aliphatic rings. The summed E-state index contributed by atoms with van der Waals surface area (Å²) in [5.74, 6) is 1.11. The molecule has 0 aliphatic carbocycles. The number of urea groups is 1. The Morgan fingerprint density at radius 1 is 1.40 bits per heavy atom. The van der Waals surface area contributed by atoms with Gasteiger partial charge in [-0.2, -0.15) is 0 Å². The molecule has 1 unspecified atom stereocenters. The number of aliphatic hydroxyl groups excluding tert-OH is 1. The molecule has 2 amide bonds. The summed E-state index contributed by atoms with van der Waals surface area (Å²) < 4.78 is 5.15. The van der Waals surface area contributed by atoms with Gasteiger partial charge in [0.25, 0.3) is 0 Å². The van der Waals surface area contributed by atoms with Gasteiger partial charge < -0.3 is 20.5 Å². The minimum atomic E-state index is -0.169. The molecular weight excluding hydrogens is 256 g/mol. The predicted molar refractivity (Wildman–Crippen MR) is 79.0 cm³/mol. The average Bonchev–Trinajstić information content (AvgIpc) is 2.46. The Morgan fingerprint density at radius 2 is 2.20 bits per heavy atom. The summed E-state index contributed by atoms with van der Waals surface area (Å²) in [6.45, 7) is 3.30. The molecule has 0 saturated heterocycles. The smallest absolute Gasteiger partial charge is 0.314 e. The molecule has 5 nitrogen and oxygen atoms in total. The van der Waals surface area contributed by atoms with Crippen LogP contribution in [0.5, 0.6) is 5.75 Å². The van der Waals surface area contributed by atoms with Crippen LogP contribution in [-0.2, 0) is 6.42 Å². The molecule has 0 aliphatic heterocycles. The van der Waals surface area contributed by atoms with Crippen LogP contribution in [-0.4, -0.2) is 37.9 Å². The molecule has 0 bridgehead atoms. The Balaban J connectivity index is 2.21. The molecule has 1 rings (SSSR count). The summed E-state index contributed by atoms with van der Waals surface area (Å²) in [4.78, 5) is 11.6. The Kier molecular flexibility index (Phi) is 7.50. The van der Waals surface area contributed by atoms with Gasteiger partial charge in [-0.05, 0) is 36.5 Å². The van der Waals surface area contributed by atoms with Crippen molar-refractivity contribution in [2.24, 2.45) is 5.92 Å². The monoisotopic (exact) mass is 280 g/mol. The first-order valence-corrected chi connectivity index (χ1v) is 6.91. The zero-order valence-electron chi connectivity index (χ0n) is 12.2. The number of carbonyl (C=O) groups is 1. The number of rotatable bonds is 8. The minimum absolute atomic E-state index is 0.153. The van der Waals surface area contributed by atoms with E-state index in [0.29, 0.717) is 19.5 Å². The van der Waals surface area contributed by atoms with Gasteiger partial charge in [-0.15, -0.1) is 0 Å². The van der Waals surface area contributed by atoms with E-state index in [2.05, 4.69) is 10.6 Å². The molecule has 0 heterocycles. The van der Waals surface area contributed by atoms with Gasteiger partial charge in [0.15, 0.2) is 0 Å². The number of ether oxygens (including phenoxy) is 1. The number of nitrogens with one attached hydrogen (secondary N) is 2. The quantitative estimate of drug-likeness (QED) is 0.676. The van der Waals surface area contributed by atoms with E-state index < -0.39 is 0 Å². The first-order valence-electron chi connectivity index (χ1n) is 6.91. The third kappa shape index (κ3) is 6.43. The average molecular weight is 280 g/mol. The minimum Gasteiger partial charge on any atom is -0.497 e. The SMILES string of the molecule is COc1cccc(CCNC(=O)NCC(C)CCO)c1. The fraction of sp³-hybridized carbons (Fsp3) is 0.533. The highest BCUT2D eigenvalue weighted by molar-refractivity contribution is 5.73. The molecule has 0 aromatic heterocycles. The zero-order valence-corrected chi connectivity index (χ0v) is 12.2. The van der Waals surface area contributed by atoms with Gasteiger partial charge in [0.2, 0.25) is 0 Å². The summed E-state index contributed by atoms with van der Waals surface area (Å²) in [5, 5.41) is 14.4. The van der Waals surface area contributed by atoms with Crippen LogP contribution in [0.1, 0.15) is 18.9 Å². The Hall–Kier alpha value is -1.75. The second-order valence-electron chi connectivity index (χ2n) is 4.86. The molecular formula is C15H24N2O3. The molecule has 0 saturated carbocycles. The maximum absolute atomic E-state index is 11.6. The lowest BCUT2D eigenvalue weighted by molar-refractivity contribution is 0.234. The van der Waals surface area contributed by atoms with Crippen molar-refractivity contribution < 1.29 is 14.6 Å². The standard InChI is InChI=1S/C15H24N2O3/c1-12(7-9-18)11-17-15(19)16-8-6-13-4-3-5-14(10-13)20-2/h3-5,10,12,18H,6-9,11H2,1-2H3,(H2,16,17,19). The highest BCUT2D eigenvalue weighted by Gasteiger charge is 2.04. The fourth-order valence-corrected chi connectivity index (χ4v) is 1.80. The van der Waals surface area contributed by atoms with E-state index in [1.807, 2.05) is 31.2 Å². The van der Waals surface area contributed by atoms with Crippen molar-refractivity contribution in [1.82, 2.24) is 10.6 Å². The van der Waals surface area contributed by atoms with Crippen LogP contribution >= 0.6 is 0 Å². The van der Waals surface area contributed by atoms with Crippen LogP contribution in [0.3, 0.4) is 0 Å². The highest BCUT2D eigenvalue weighted by atomic mass is 16.5. The van der Waals surface area contributed by atoms with Crippen molar-refractivity contribution in [2.75, 3.05) is 26.8 Å². The van der Waals surface area contributed by atoms with Gasteiger partial charge in [-0.3, -0.25) is 0 Å². The van der Waals surface area contributed by atoms with Crippen molar-refractivity contribution in [3.05, 3.63) is 29.8 Å². The molecule has 0 fully saturated rings. The van der Waals surface area contributed by atoms with Crippen molar-refractivity contribution in [1.29, 1.82) is 0 Å². The molecule has 3 N–H and O–H groups in total. The molecule has 0 spiro atoms. The van der Waals surface area contributed by atoms with Crippen molar-refractivity contribution in [2.45, 2.75) is 19.8 Å². The summed E-state index contributed by atoms with van der Waals surface area (Å²) >= 11 is 0. The maximum atomic E-state index is 11.6. The number of hydrogen-bond acceptors (Lipinski definition) is 3. The van der Waals surface area contributed by atoms with Crippen molar-refractivity contribution in [3.63, 3.8) is 0 Å². The third-order valence-electron chi connectivity index (χ3n) is 3.07. The molecule has 1 atom stereocenters. The normalized spacial score (nSPS) is 11.8. The van der Waals surface area contributed by atoms with E-state index in [0.717, 1.165) is 17.7 Å². The van der Waals surface area contributed by atoms with Gasteiger partial charge in [-0.25, -0.2) is 4.79 Å². The molecule has 0 radical (unpaired) electrons. The van der Waals surface area contributed by atoms with E-state index >= 15 is 0 Å². The highest BCUT2D eigenvalue weighted by Crippen LogP contribution is 2.12. The number of methoxy groups -OCH3 is 1. The Labute approximate surface area is 120 Å². The lowest BCUT2D eigenvalue weighted by atomic mass is 10.1. The first kappa shape index (κ1) is 16.3. The second-order valence-corrected chi connectivity index (χ2v) is 4.86. The summed E-state index contributed by atoms with van der Waals surface area (Å²) in [6, 6.07) is 7.63. The van der Waals surface area contributed by atoms with Crippen molar-refractivity contribution >= 4 is 6.03 Å². The summed E-state index contributed by atoms with van der Waals surface area (Å²) in [6.07, 6.45) is 1.46. The lowest BCUT2D eigenvalue weighted by Crippen LogP contribution is -2.38. The molecule has 1 aromatic carbocycles. The van der Waals surface area contributed by atoms with Crippen LogP contribution in [0.25, 0.3) is 0 Å². The van der Waals surface area contributed by atoms with Gasteiger partial charge in [0.1, 0.15) is 5.75 Å². The number of hydrogen-bond donors (Lipinski definition) is 3. The third-order valence-corrected chi connectivity index (χ3v) is 3.07. The summed E-state index contributed by atoms with van der Waals surface area (Å²) in [7, 11) is 1.64. The molecule has 20 heavy (non-hydrogen) atoms. The summed E-state index contributed by atoms with van der Waals surface area (Å²) in [5.41, 5.74) is 1.12. The fourth-order valence-electron chi connectivity index (χ4n) is 1.80. The lowest BCUT2D eigenvalue weighted by Gasteiger charge is -2.12. The topological polar surface area (TPSA) is 70.6 Å². The largest absolute Gasteiger partial charge is 0.497 e. The van der Waals surface area contributed by atoms with Crippen LogP contribution in [0.4, 0.5) is 4.79 Å². The van der Waals surface area contributed by atoms with E-state index in [4.69, 9.17) is 9.84 Å². The van der Waals surface area contributed by atoms with E-state index in [-0.39, 0.29) is 18.6 Å². The van der Waals surface area contributed by atoms with Gasteiger partial charge in [0, 0.05) is 19.7 Å². The number of benzene rings is 1. The van der Waals surface area contributed by atoms with E-state index in [9.17, 15) is 4.79 Å². The van der Waals surface area contributed by atoms with Crippen molar-refractivity contribution in [3.8, 4) is 5.75 Å². The van der Waals surface area contributed by atoms with Crippen LogP contribution < -0.4 is 15.4 Å². The Bertz CT molecular complexity index is 410.